The van der Waals surface area contributed by atoms with Crippen molar-refractivity contribution in [2.75, 3.05) is 14.2 Å². The lowest BCUT2D eigenvalue weighted by Crippen LogP contribution is -2.03. The quantitative estimate of drug-likeness (QED) is 0.635. The van der Waals surface area contributed by atoms with Gasteiger partial charge >= 0.3 is 5.97 Å². The van der Waals surface area contributed by atoms with Crippen molar-refractivity contribution >= 4 is 33.5 Å². The van der Waals surface area contributed by atoms with Crippen LogP contribution in [0.1, 0.15) is 15.9 Å². The molecule has 0 aliphatic heterocycles. The molecule has 1 aromatic rings. The number of hydrogen-bond donors (Lipinski definition) is 0. The van der Waals surface area contributed by atoms with Crippen molar-refractivity contribution in [3.63, 3.8) is 0 Å². The third-order valence-electron chi connectivity index (χ3n) is 1.89. The van der Waals surface area contributed by atoms with Crippen LogP contribution in [0.15, 0.2) is 12.1 Å². The summed E-state index contributed by atoms with van der Waals surface area (Å²) in [6, 6.07) is 3.21. The van der Waals surface area contributed by atoms with Crippen molar-refractivity contribution in [1.29, 1.82) is 0 Å². The highest BCUT2D eigenvalue weighted by Gasteiger charge is 2.13. The Hall–Kier alpha value is -0.740. The van der Waals surface area contributed by atoms with Gasteiger partial charge in [-0.2, -0.15) is 0 Å². The Morgan fingerprint density at radius 2 is 2.13 bits per heavy atom. The number of benzene rings is 1. The van der Waals surface area contributed by atoms with Crippen LogP contribution in [0, 0.1) is 0 Å². The highest BCUT2D eigenvalue weighted by molar-refractivity contribution is 9.08. The van der Waals surface area contributed by atoms with E-state index in [9.17, 15) is 4.79 Å². The van der Waals surface area contributed by atoms with Gasteiger partial charge in [-0.3, -0.25) is 0 Å². The van der Waals surface area contributed by atoms with E-state index in [1.807, 2.05) is 0 Å². The lowest BCUT2D eigenvalue weighted by Gasteiger charge is -2.10. The second-order valence-corrected chi connectivity index (χ2v) is 3.74. The SMILES string of the molecule is COC(=O)c1cc(Cl)c(OC)c(CBr)c1. The fourth-order valence-electron chi connectivity index (χ4n) is 1.21. The van der Waals surface area contributed by atoms with Crippen LogP contribution in [0.25, 0.3) is 0 Å². The van der Waals surface area contributed by atoms with E-state index in [1.54, 1.807) is 6.07 Å². The van der Waals surface area contributed by atoms with Crippen LogP contribution in [0.2, 0.25) is 5.02 Å². The molecule has 0 saturated heterocycles. The van der Waals surface area contributed by atoms with Gasteiger partial charge in [-0.1, -0.05) is 27.5 Å². The summed E-state index contributed by atoms with van der Waals surface area (Å²) >= 11 is 9.26. The Kier molecular flexibility index (Phi) is 4.42. The first-order valence-corrected chi connectivity index (χ1v) is 5.64. The predicted octanol–water partition coefficient (Wildman–Crippen LogP) is 3.03. The summed E-state index contributed by atoms with van der Waals surface area (Å²) in [6.07, 6.45) is 0. The normalized spacial score (nSPS) is 9.87. The lowest BCUT2D eigenvalue weighted by atomic mass is 10.1. The molecule has 0 bridgehead atoms. The fourth-order valence-corrected chi connectivity index (χ4v) is 1.95. The van der Waals surface area contributed by atoms with Crippen molar-refractivity contribution in [1.82, 2.24) is 0 Å². The average Bonchev–Trinajstić information content (AvgIpc) is 2.26. The second-order valence-electron chi connectivity index (χ2n) is 2.78. The third kappa shape index (κ3) is 2.63. The van der Waals surface area contributed by atoms with Crippen molar-refractivity contribution in [2.45, 2.75) is 5.33 Å². The first-order valence-electron chi connectivity index (χ1n) is 4.14. The summed E-state index contributed by atoms with van der Waals surface area (Å²) in [7, 11) is 2.86. The molecule has 0 radical (unpaired) electrons. The molecular formula is C10H10BrClO3. The molecule has 0 aliphatic carbocycles. The van der Waals surface area contributed by atoms with Crippen LogP contribution in [-0.4, -0.2) is 20.2 Å². The van der Waals surface area contributed by atoms with Gasteiger partial charge in [-0.15, -0.1) is 0 Å². The molecule has 0 aliphatic rings. The van der Waals surface area contributed by atoms with Crippen molar-refractivity contribution in [3.05, 3.63) is 28.3 Å². The van der Waals surface area contributed by atoms with E-state index in [0.29, 0.717) is 21.7 Å². The summed E-state index contributed by atoms with van der Waals surface area (Å²) in [5, 5.41) is 0.954. The number of alkyl halides is 1. The van der Waals surface area contributed by atoms with Crippen LogP contribution in [0.4, 0.5) is 0 Å². The van der Waals surface area contributed by atoms with Gasteiger partial charge in [0, 0.05) is 10.9 Å². The van der Waals surface area contributed by atoms with Crippen LogP contribution in [-0.2, 0) is 10.1 Å². The lowest BCUT2D eigenvalue weighted by molar-refractivity contribution is 0.0600. The van der Waals surface area contributed by atoms with Crippen molar-refractivity contribution in [2.24, 2.45) is 0 Å². The number of carbonyl (C=O) groups excluding carboxylic acids is 1. The zero-order valence-electron chi connectivity index (χ0n) is 8.34. The Labute approximate surface area is 101 Å². The molecule has 15 heavy (non-hydrogen) atoms. The van der Waals surface area contributed by atoms with E-state index in [4.69, 9.17) is 16.3 Å². The minimum atomic E-state index is -0.415. The smallest absolute Gasteiger partial charge is 0.337 e. The highest BCUT2D eigenvalue weighted by atomic mass is 79.9. The van der Waals surface area contributed by atoms with Gasteiger partial charge in [0.15, 0.2) is 0 Å². The molecule has 0 N–H and O–H groups in total. The molecule has 1 rings (SSSR count). The zero-order valence-corrected chi connectivity index (χ0v) is 10.7. The zero-order chi connectivity index (χ0) is 11.4. The Bertz CT molecular complexity index is 379. The Balaban J connectivity index is 3.25. The molecule has 0 unspecified atom stereocenters. The van der Waals surface area contributed by atoms with E-state index < -0.39 is 5.97 Å². The van der Waals surface area contributed by atoms with E-state index in [2.05, 4.69) is 20.7 Å². The first kappa shape index (κ1) is 12.3. The largest absolute Gasteiger partial charge is 0.495 e. The van der Waals surface area contributed by atoms with Gasteiger partial charge in [0.05, 0.1) is 24.8 Å². The highest BCUT2D eigenvalue weighted by Crippen LogP contribution is 2.31. The maximum Gasteiger partial charge on any atom is 0.337 e. The number of methoxy groups -OCH3 is 2. The first-order chi connectivity index (χ1) is 7.13. The number of halogens is 2. The van der Waals surface area contributed by atoms with Crippen LogP contribution < -0.4 is 4.74 Å². The fraction of sp³-hybridized carbons (Fsp3) is 0.300. The molecule has 0 heterocycles. The summed E-state index contributed by atoms with van der Waals surface area (Å²) < 4.78 is 9.73. The Morgan fingerprint density at radius 1 is 1.47 bits per heavy atom. The van der Waals surface area contributed by atoms with Gasteiger partial charge in [0.2, 0.25) is 0 Å². The second kappa shape index (κ2) is 5.37. The maximum atomic E-state index is 11.3. The molecule has 0 aromatic heterocycles. The summed E-state index contributed by atoms with van der Waals surface area (Å²) in [6.45, 7) is 0. The Morgan fingerprint density at radius 3 is 2.60 bits per heavy atom. The van der Waals surface area contributed by atoms with Gasteiger partial charge < -0.3 is 9.47 Å². The molecule has 0 saturated carbocycles. The van der Waals surface area contributed by atoms with Crippen LogP contribution in [0.5, 0.6) is 5.75 Å². The van der Waals surface area contributed by atoms with E-state index in [1.165, 1.54) is 20.3 Å². The number of ether oxygens (including phenoxy) is 2. The number of esters is 1. The summed E-state index contributed by atoms with van der Waals surface area (Å²) in [5.41, 5.74) is 1.23. The van der Waals surface area contributed by atoms with E-state index in [0.717, 1.165) is 5.56 Å². The molecule has 0 atom stereocenters. The van der Waals surface area contributed by atoms with Crippen molar-refractivity contribution < 1.29 is 14.3 Å². The van der Waals surface area contributed by atoms with Gasteiger partial charge in [-0.05, 0) is 12.1 Å². The molecule has 1 aromatic carbocycles. The predicted molar refractivity (Wildman–Crippen MR) is 62.0 cm³/mol. The van der Waals surface area contributed by atoms with Gasteiger partial charge in [-0.25, -0.2) is 4.79 Å². The maximum absolute atomic E-state index is 11.3. The number of rotatable bonds is 3. The summed E-state index contributed by atoms with van der Waals surface area (Å²) in [5.74, 6) is 0.156. The molecule has 82 valence electrons. The molecule has 0 spiro atoms. The standard InChI is InChI=1S/C10H10BrClO3/c1-14-9-7(5-11)3-6(4-8(9)12)10(13)15-2/h3-4H,5H2,1-2H3. The van der Waals surface area contributed by atoms with E-state index in [-0.39, 0.29) is 0 Å². The summed E-state index contributed by atoms with van der Waals surface area (Å²) in [4.78, 5) is 11.3. The molecule has 0 amide bonds. The average molecular weight is 294 g/mol. The van der Waals surface area contributed by atoms with Crippen molar-refractivity contribution in [3.8, 4) is 5.75 Å². The third-order valence-corrected chi connectivity index (χ3v) is 2.77. The molecule has 3 nitrogen and oxygen atoms in total. The van der Waals surface area contributed by atoms with Gasteiger partial charge in [0.25, 0.3) is 0 Å². The monoisotopic (exact) mass is 292 g/mol. The minimum Gasteiger partial charge on any atom is -0.495 e. The minimum absolute atomic E-state index is 0.398. The number of hydrogen-bond acceptors (Lipinski definition) is 3. The number of carbonyl (C=O) groups is 1. The molecular weight excluding hydrogens is 283 g/mol. The van der Waals surface area contributed by atoms with Crippen LogP contribution >= 0.6 is 27.5 Å². The topological polar surface area (TPSA) is 35.5 Å². The van der Waals surface area contributed by atoms with Gasteiger partial charge in [0.1, 0.15) is 5.75 Å². The molecule has 5 heteroatoms. The molecule has 0 fully saturated rings. The van der Waals surface area contributed by atoms with E-state index >= 15 is 0 Å². The van der Waals surface area contributed by atoms with Crippen LogP contribution in [0.3, 0.4) is 0 Å².